The van der Waals surface area contributed by atoms with Gasteiger partial charge in [-0.3, -0.25) is 9.69 Å². The molecule has 29 heavy (non-hydrogen) atoms. The Labute approximate surface area is 172 Å². The van der Waals surface area contributed by atoms with Crippen LogP contribution in [-0.2, 0) is 21.2 Å². The van der Waals surface area contributed by atoms with Crippen molar-refractivity contribution in [3.05, 3.63) is 54.0 Å². The second-order valence-electron chi connectivity index (χ2n) is 7.38. The van der Waals surface area contributed by atoms with Crippen LogP contribution in [-0.4, -0.2) is 56.3 Å². The number of carbonyl (C=O) groups excluding carboxylic acids is 1. The van der Waals surface area contributed by atoms with E-state index in [1.807, 2.05) is 30.0 Å². The van der Waals surface area contributed by atoms with Crippen molar-refractivity contribution >= 4 is 15.9 Å². The molecule has 1 aliphatic heterocycles. The van der Waals surface area contributed by atoms with Crippen LogP contribution in [0, 0.1) is 0 Å². The van der Waals surface area contributed by atoms with Crippen molar-refractivity contribution in [2.45, 2.75) is 37.6 Å². The number of hydrogen-bond acceptors (Lipinski definition) is 5. The molecule has 1 N–H and O–H groups in total. The second kappa shape index (κ2) is 9.56. The maximum Gasteiger partial charge on any atom is 0.243 e. The highest BCUT2D eigenvalue weighted by Crippen LogP contribution is 2.19. The number of furan rings is 1. The van der Waals surface area contributed by atoms with Gasteiger partial charge in [0.15, 0.2) is 0 Å². The smallest absolute Gasteiger partial charge is 0.243 e. The fraction of sp³-hybridized carbons (Fsp3) is 0.476. The van der Waals surface area contributed by atoms with E-state index in [-0.39, 0.29) is 18.5 Å². The van der Waals surface area contributed by atoms with Gasteiger partial charge in [0.2, 0.25) is 15.9 Å². The van der Waals surface area contributed by atoms with E-state index in [9.17, 15) is 13.2 Å². The number of nitrogens with zero attached hydrogens (tertiary/aromatic N) is 2. The summed E-state index contributed by atoms with van der Waals surface area (Å²) in [6.45, 7) is 6.01. The Hall–Kier alpha value is -2.16. The van der Waals surface area contributed by atoms with Crippen molar-refractivity contribution in [1.29, 1.82) is 0 Å². The minimum absolute atomic E-state index is 0.100. The predicted octanol–water partition coefficient (Wildman–Crippen LogP) is 2.42. The lowest BCUT2D eigenvalue weighted by atomic mass is 10.1. The van der Waals surface area contributed by atoms with Gasteiger partial charge in [0.25, 0.3) is 0 Å². The Morgan fingerprint density at radius 3 is 2.41 bits per heavy atom. The molecule has 158 valence electrons. The lowest BCUT2D eigenvalue weighted by molar-refractivity contribution is -0.123. The quantitative estimate of drug-likeness (QED) is 0.711. The van der Waals surface area contributed by atoms with Gasteiger partial charge in [-0.25, -0.2) is 8.42 Å². The van der Waals surface area contributed by atoms with Crippen LogP contribution in [0.4, 0.5) is 0 Å². The van der Waals surface area contributed by atoms with E-state index >= 15 is 0 Å². The SMILES string of the molecule is CCCc1ccc(S(=O)(=O)N2CCN(CC(=O)N[C@H](C)c3ccco3)CC2)cc1. The van der Waals surface area contributed by atoms with Gasteiger partial charge in [-0.05, 0) is 43.2 Å². The van der Waals surface area contributed by atoms with E-state index in [4.69, 9.17) is 4.42 Å². The number of carbonyl (C=O) groups is 1. The van der Waals surface area contributed by atoms with Crippen LogP contribution in [0.5, 0.6) is 0 Å². The zero-order valence-corrected chi connectivity index (χ0v) is 17.8. The predicted molar refractivity (Wildman–Crippen MR) is 111 cm³/mol. The average Bonchev–Trinajstić information content (AvgIpc) is 3.24. The Morgan fingerprint density at radius 1 is 1.14 bits per heavy atom. The fourth-order valence-corrected chi connectivity index (χ4v) is 4.92. The summed E-state index contributed by atoms with van der Waals surface area (Å²) < 4.78 is 32.6. The molecule has 7 nitrogen and oxygen atoms in total. The van der Waals surface area contributed by atoms with Crippen molar-refractivity contribution in [1.82, 2.24) is 14.5 Å². The third-order valence-electron chi connectivity index (χ3n) is 5.15. The number of hydrogen-bond donors (Lipinski definition) is 1. The van der Waals surface area contributed by atoms with E-state index in [1.165, 1.54) is 4.31 Å². The van der Waals surface area contributed by atoms with Crippen LogP contribution in [0.3, 0.4) is 0 Å². The van der Waals surface area contributed by atoms with Gasteiger partial charge in [-0.1, -0.05) is 25.5 Å². The van der Waals surface area contributed by atoms with Gasteiger partial charge in [0.1, 0.15) is 5.76 Å². The molecule has 0 aliphatic carbocycles. The molecule has 0 spiro atoms. The molecule has 0 bridgehead atoms. The normalized spacial score (nSPS) is 17.2. The summed E-state index contributed by atoms with van der Waals surface area (Å²) in [5, 5.41) is 2.91. The fourth-order valence-electron chi connectivity index (χ4n) is 3.49. The van der Waals surface area contributed by atoms with E-state index in [0.29, 0.717) is 36.8 Å². The van der Waals surface area contributed by atoms with Gasteiger partial charge < -0.3 is 9.73 Å². The molecule has 1 amide bonds. The number of amides is 1. The summed E-state index contributed by atoms with van der Waals surface area (Å²) in [4.78, 5) is 14.6. The molecule has 3 rings (SSSR count). The van der Waals surface area contributed by atoms with E-state index in [0.717, 1.165) is 18.4 Å². The van der Waals surface area contributed by atoms with Gasteiger partial charge in [-0.15, -0.1) is 0 Å². The summed E-state index contributed by atoms with van der Waals surface area (Å²) in [5.41, 5.74) is 1.14. The number of piperazine rings is 1. The Balaban J connectivity index is 1.51. The van der Waals surface area contributed by atoms with Crippen molar-refractivity contribution < 1.29 is 17.6 Å². The molecule has 1 saturated heterocycles. The summed E-state index contributed by atoms with van der Waals surface area (Å²) in [6, 6.07) is 10.6. The third-order valence-corrected chi connectivity index (χ3v) is 7.06. The van der Waals surface area contributed by atoms with Gasteiger partial charge in [0, 0.05) is 26.2 Å². The van der Waals surface area contributed by atoms with Crippen molar-refractivity contribution in [2.24, 2.45) is 0 Å². The van der Waals surface area contributed by atoms with Gasteiger partial charge in [0.05, 0.1) is 23.7 Å². The first kappa shape index (κ1) is 21.5. The first-order chi connectivity index (χ1) is 13.9. The second-order valence-corrected chi connectivity index (χ2v) is 9.32. The zero-order chi connectivity index (χ0) is 20.9. The molecule has 1 aromatic carbocycles. The monoisotopic (exact) mass is 419 g/mol. The van der Waals surface area contributed by atoms with E-state index in [2.05, 4.69) is 12.2 Å². The molecule has 2 aromatic rings. The number of benzene rings is 1. The lowest BCUT2D eigenvalue weighted by Crippen LogP contribution is -2.51. The first-order valence-electron chi connectivity index (χ1n) is 10.0. The number of sulfonamides is 1. The molecule has 1 aliphatic rings. The highest BCUT2D eigenvalue weighted by atomic mass is 32.2. The lowest BCUT2D eigenvalue weighted by Gasteiger charge is -2.33. The highest BCUT2D eigenvalue weighted by molar-refractivity contribution is 7.89. The number of rotatable bonds is 8. The first-order valence-corrected chi connectivity index (χ1v) is 11.5. The topological polar surface area (TPSA) is 82.9 Å². The minimum atomic E-state index is -3.50. The van der Waals surface area contributed by atoms with Crippen LogP contribution >= 0.6 is 0 Å². The van der Waals surface area contributed by atoms with Crippen LogP contribution in [0.1, 0.15) is 37.6 Å². The molecule has 0 radical (unpaired) electrons. The maximum atomic E-state index is 12.9. The van der Waals surface area contributed by atoms with Crippen molar-refractivity contribution in [2.75, 3.05) is 32.7 Å². The van der Waals surface area contributed by atoms with E-state index in [1.54, 1.807) is 24.5 Å². The Bertz CT molecular complexity index is 887. The van der Waals surface area contributed by atoms with Crippen LogP contribution in [0.2, 0.25) is 0 Å². The summed E-state index contributed by atoms with van der Waals surface area (Å²) in [5.74, 6) is 0.607. The standard InChI is InChI=1S/C21H29N3O4S/c1-3-5-18-7-9-19(10-8-18)29(26,27)24-13-11-23(12-14-24)16-21(25)22-17(2)20-6-4-15-28-20/h4,6-10,15,17H,3,5,11-14,16H2,1-2H3,(H,22,25)/t17-/m1/s1. The molecule has 8 heteroatoms. The van der Waals surface area contributed by atoms with Gasteiger partial charge >= 0.3 is 0 Å². The van der Waals surface area contributed by atoms with E-state index < -0.39 is 10.0 Å². The Kier molecular flexibility index (Phi) is 7.10. The summed E-state index contributed by atoms with van der Waals surface area (Å²) in [6.07, 6.45) is 3.55. The molecule has 0 saturated carbocycles. The third kappa shape index (κ3) is 5.46. The minimum Gasteiger partial charge on any atom is -0.467 e. The largest absolute Gasteiger partial charge is 0.467 e. The highest BCUT2D eigenvalue weighted by Gasteiger charge is 2.29. The molecule has 1 aromatic heterocycles. The van der Waals surface area contributed by atoms with Crippen LogP contribution in [0.25, 0.3) is 0 Å². The van der Waals surface area contributed by atoms with Gasteiger partial charge in [-0.2, -0.15) is 4.31 Å². The van der Waals surface area contributed by atoms with Crippen LogP contribution < -0.4 is 5.32 Å². The molecule has 1 atom stereocenters. The number of aryl methyl sites for hydroxylation is 1. The molecular formula is C21H29N3O4S. The molecule has 1 fully saturated rings. The summed E-state index contributed by atoms with van der Waals surface area (Å²) in [7, 11) is -3.50. The molecular weight excluding hydrogens is 390 g/mol. The van der Waals surface area contributed by atoms with Crippen LogP contribution in [0.15, 0.2) is 52.0 Å². The molecule has 0 unspecified atom stereocenters. The summed E-state index contributed by atoms with van der Waals surface area (Å²) >= 11 is 0. The maximum absolute atomic E-state index is 12.9. The van der Waals surface area contributed by atoms with Crippen molar-refractivity contribution in [3.8, 4) is 0 Å². The zero-order valence-electron chi connectivity index (χ0n) is 17.0. The molecule has 2 heterocycles. The average molecular weight is 420 g/mol. The number of nitrogens with one attached hydrogen (secondary N) is 1. The van der Waals surface area contributed by atoms with Crippen molar-refractivity contribution in [3.63, 3.8) is 0 Å². The Morgan fingerprint density at radius 2 is 1.83 bits per heavy atom.